The quantitative estimate of drug-likeness (QED) is 0.0851. The highest BCUT2D eigenvalue weighted by Crippen LogP contribution is 2.31. The van der Waals surface area contributed by atoms with Crippen LogP contribution in [-0.2, 0) is 51.2 Å². The second kappa shape index (κ2) is 26.2. The molecule has 8 atom stereocenters. The molecule has 66 heavy (non-hydrogen) atoms. The largest absolute Gasteiger partial charge is 0.379 e. The van der Waals surface area contributed by atoms with Crippen LogP contribution in [0.25, 0.3) is 0 Å². The van der Waals surface area contributed by atoms with Gasteiger partial charge >= 0.3 is 0 Å². The molecule has 0 saturated carbocycles. The molecule has 14 nitrogen and oxygen atoms in total. The zero-order chi connectivity index (χ0) is 48.5. The number of anilines is 1. The first-order chi connectivity index (χ1) is 31.5. The van der Waals surface area contributed by atoms with Crippen LogP contribution in [0.2, 0.25) is 0 Å². The Morgan fingerprint density at radius 2 is 1.61 bits per heavy atom. The van der Waals surface area contributed by atoms with Gasteiger partial charge in [0.2, 0.25) is 23.6 Å². The van der Waals surface area contributed by atoms with Gasteiger partial charge in [-0.25, -0.2) is 0 Å². The first kappa shape index (κ1) is 53.4. The molecule has 0 aromatic heterocycles. The minimum atomic E-state index is -0.685. The van der Waals surface area contributed by atoms with E-state index in [1.807, 2.05) is 77.1 Å². The Hall–Kier alpha value is -5.18. The van der Waals surface area contributed by atoms with E-state index in [4.69, 9.17) is 15.2 Å². The number of amides is 5. The molecule has 1 saturated heterocycles. The van der Waals surface area contributed by atoms with Gasteiger partial charge in [0, 0.05) is 83.0 Å². The number of hydrogen-bond acceptors (Lipinski definition) is 9. The third kappa shape index (κ3) is 14.9. The van der Waals surface area contributed by atoms with Crippen molar-refractivity contribution < 1.29 is 38.2 Å². The number of methoxy groups -OCH3 is 2. The summed E-state index contributed by atoms with van der Waals surface area (Å²) >= 11 is 0. The van der Waals surface area contributed by atoms with Gasteiger partial charge in [0.05, 0.1) is 36.8 Å². The Kier molecular flexibility index (Phi) is 21.2. The fourth-order valence-electron chi connectivity index (χ4n) is 9.16. The summed E-state index contributed by atoms with van der Waals surface area (Å²) in [5.74, 6) is -2.19. The Morgan fingerprint density at radius 3 is 2.21 bits per heavy atom. The summed E-state index contributed by atoms with van der Waals surface area (Å²) in [5, 5.41) is 5.97. The lowest BCUT2D eigenvalue weighted by molar-refractivity contribution is -0.146. The van der Waals surface area contributed by atoms with Crippen LogP contribution in [0.3, 0.4) is 0 Å². The topological polar surface area (TPSA) is 181 Å². The van der Waals surface area contributed by atoms with Gasteiger partial charge in [-0.1, -0.05) is 96.5 Å². The molecule has 2 heterocycles. The van der Waals surface area contributed by atoms with Crippen LogP contribution in [0.1, 0.15) is 104 Å². The van der Waals surface area contributed by atoms with E-state index >= 15 is 0 Å². The average Bonchev–Trinajstić information content (AvgIpc) is 3.93. The van der Waals surface area contributed by atoms with Gasteiger partial charge in [-0.2, -0.15) is 0 Å². The monoisotopic (exact) mass is 913 g/mol. The molecule has 362 valence electrons. The molecule has 2 aliphatic rings. The standard InChI is InChI=1S/C52H76N6O8/c1-10-35(4)49(56(7)52(64)48(53)34(2)3)44(65-8)32-47(62)58-29-17-20-42(58)50(66-9)37(6)43(59)31-40(30-38-18-13-11-14-19-38)51(63)55-41-25-23-39(24-26-41)33-54-45(60)21-15-12-16-28-57-36(5)22-27-46(57)61/h11,13-14,18-19,22-27,34-35,37,40,42,44,48-50H,5,10,12,15-17,20-21,28-33,53H2,1-4,6-9H3,(H,54,60)(H,55,63)/t35-,37-,40+,42-,44+,48-,49-,50+/m0/s1. The number of nitrogens with zero attached hydrogens (tertiary/aromatic N) is 3. The molecule has 2 aliphatic heterocycles. The zero-order valence-electron chi connectivity index (χ0n) is 40.6. The third-order valence-corrected chi connectivity index (χ3v) is 13.5. The number of hydrogen-bond donors (Lipinski definition) is 3. The van der Waals surface area contributed by atoms with E-state index in [0.717, 1.165) is 36.8 Å². The van der Waals surface area contributed by atoms with Crippen molar-refractivity contribution in [1.82, 2.24) is 20.0 Å². The van der Waals surface area contributed by atoms with E-state index in [1.165, 1.54) is 6.08 Å². The average molecular weight is 913 g/mol. The Labute approximate surface area is 393 Å². The minimum absolute atomic E-state index is 0.0297. The molecule has 4 N–H and O–H groups in total. The number of rotatable bonds is 27. The minimum Gasteiger partial charge on any atom is -0.379 e. The van der Waals surface area contributed by atoms with Crippen molar-refractivity contribution in [3.63, 3.8) is 0 Å². The number of likely N-dealkylation sites (N-methyl/N-ethyl adjacent to an activating group) is 1. The molecule has 0 spiro atoms. The number of ether oxygens (including phenoxy) is 2. The predicted octanol–water partition coefficient (Wildman–Crippen LogP) is 6.44. The van der Waals surface area contributed by atoms with E-state index in [-0.39, 0.29) is 72.1 Å². The Bertz CT molecular complexity index is 1950. The number of likely N-dealkylation sites (tertiary alicyclic amines) is 1. The van der Waals surface area contributed by atoms with Crippen LogP contribution in [0, 0.1) is 23.7 Å². The van der Waals surface area contributed by atoms with Gasteiger partial charge in [0.25, 0.3) is 5.91 Å². The van der Waals surface area contributed by atoms with Crippen LogP contribution < -0.4 is 16.4 Å². The van der Waals surface area contributed by atoms with Gasteiger partial charge in [0.1, 0.15) is 5.78 Å². The number of carbonyl (C=O) groups is 6. The number of Topliss-reactive ketones (excluding diaryl/α,β-unsaturated/α-hetero) is 1. The molecule has 0 bridgehead atoms. The van der Waals surface area contributed by atoms with Crippen LogP contribution >= 0.6 is 0 Å². The molecule has 0 unspecified atom stereocenters. The van der Waals surface area contributed by atoms with Crippen LogP contribution in [0.4, 0.5) is 5.69 Å². The van der Waals surface area contributed by atoms with E-state index < -0.39 is 30.1 Å². The summed E-state index contributed by atoms with van der Waals surface area (Å²) in [6, 6.07) is 15.4. The lowest BCUT2D eigenvalue weighted by Gasteiger charge is -2.40. The van der Waals surface area contributed by atoms with Crippen molar-refractivity contribution in [2.75, 3.05) is 39.7 Å². The molecule has 1 fully saturated rings. The number of nitrogens with one attached hydrogen (secondary N) is 2. The fraction of sp³-hybridized carbons (Fsp3) is 0.577. The number of unbranched alkanes of at least 4 members (excludes halogenated alkanes) is 2. The fourth-order valence-corrected chi connectivity index (χ4v) is 9.16. The summed E-state index contributed by atoms with van der Waals surface area (Å²) in [6.45, 7) is 15.0. The lowest BCUT2D eigenvalue weighted by atomic mass is 9.85. The van der Waals surface area contributed by atoms with Gasteiger partial charge in [0.15, 0.2) is 0 Å². The summed E-state index contributed by atoms with van der Waals surface area (Å²) < 4.78 is 12.0. The predicted molar refractivity (Wildman–Crippen MR) is 258 cm³/mol. The second-order valence-electron chi connectivity index (χ2n) is 18.5. The normalized spacial score (nSPS) is 18.1. The maximum absolute atomic E-state index is 14.3. The van der Waals surface area contributed by atoms with E-state index in [1.54, 1.807) is 54.2 Å². The van der Waals surface area contributed by atoms with Crippen molar-refractivity contribution in [3.05, 3.63) is 90.2 Å². The molecule has 5 amide bonds. The van der Waals surface area contributed by atoms with Crippen molar-refractivity contribution >= 4 is 41.0 Å². The number of carbonyl (C=O) groups excluding carboxylic acids is 6. The van der Waals surface area contributed by atoms with Crippen molar-refractivity contribution in [1.29, 1.82) is 0 Å². The SMILES string of the molecule is C=C1C=CC(=O)N1CCCCCC(=O)NCc1ccc(NC(=O)[C@@H](CC(=O)[C@H](C)[C@@H](OC)[C@@H]2CCCN2C(=O)C[C@@H](OC)[C@H]([C@@H](C)CC)N(C)C(=O)[C@@H](N)C(C)C)Cc2ccccc2)cc1. The van der Waals surface area contributed by atoms with Gasteiger partial charge in [-0.05, 0) is 73.3 Å². The van der Waals surface area contributed by atoms with Gasteiger partial charge < -0.3 is 40.5 Å². The molecule has 0 radical (unpaired) electrons. The number of benzene rings is 2. The van der Waals surface area contributed by atoms with Crippen LogP contribution in [-0.4, -0.2) is 115 Å². The molecular formula is C52H76N6O8. The van der Waals surface area contributed by atoms with Crippen molar-refractivity contribution in [3.8, 4) is 0 Å². The Balaban J connectivity index is 1.36. The van der Waals surface area contributed by atoms with E-state index in [2.05, 4.69) is 17.2 Å². The Morgan fingerprint density at radius 1 is 0.909 bits per heavy atom. The third-order valence-electron chi connectivity index (χ3n) is 13.5. The lowest BCUT2D eigenvalue weighted by Crippen LogP contribution is -2.56. The summed E-state index contributed by atoms with van der Waals surface area (Å²) in [7, 11) is 4.87. The molecule has 2 aromatic rings. The number of allylic oxidation sites excluding steroid dienone is 1. The maximum Gasteiger partial charge on any atom is 0.251 e. The van der Waals surface area contributed by atoms with Gasteiger partial charge in [-0.15, -0.1) is 0 Å². The molecular weight excluding hydrogens is 837 g/mol. The summed E-state index contributed by atoms with van der Waals surface area (Å²) in [6.07, 6.45) is 7.26. The molecule has 0 aliphatic carbocycles. The first-order valence-corrected chi connectivity index (χ1v) is 23.8. The number of nitrogens with two attached hydrogens (primary N) is 1. The van der Waals surface area contributed by atoms with Crippen molar-refractivity contribution in [2.24, 2.45) is 29.4 Å². The summed E-state index contributed by atoms with van der Waals surface area (Å²) in [5.41, 5.74) is 9.35. The summed E-state index contributed by atoms with van der Waals surface area (Å²) in [4.78, 5) is 85.4. The molecule has 2 aromatic carbocycles. The van der Waals surface area contributed by atoms with Crippen LogP contribution in [0.5, 0.6) is 0 Å². The van der Waals surface area contributed by atoms with Crippen molar-refractivity contribution in [2.45, 2.75) is 136 Å². The highest BCUT2D eigenvalue weighted by atomic mass is 16.5. The first-order valence-electron chi connectivity index (χ1n) is 23.8. The highest BCUT2D eigenvalue weighted by Gasteiger charge is 2.43. The zero-order valence-corrected chi connectivity index (χ0v) is 40.6. The van der Waals surface area contributed by atoms with Crippen LogP contribution in [0.15, 0.2) is 79.0 Å². The maximum atomic E-state index is 14.3. The van der Waals surface area contributed by atoms with E-state index in [0.29, 0.717) is 56.7 Å². The number of ketones is 1. The van der Waals surface area contributed by atoms with E-state index in [9.17, 15) is 28.8 Å². The molecule has 4 rings (SSSR count). The molecule has 14 heteroatoms. The van der Waals surface area contributed by atoms with Gasteiger partial charge in [-0.3, -0.25) is 28.8 Å². The second-order valence-corrected chi connectivity index (χ2v) is 18.5. The highest BCUT2D eigenvalue weighted by molar-refractivity contribution is 5.96. The smallest absolute Gasteiger partial charge is 0.251 e.